The van der Waals surface area contributed by atoms with Crippen molar-refractivity contribution in [1.29, 1.82) is 0 Å². The third-order valence-electron chi connectivity index (χ3n) is 4.94. The monoisotopic (exact) mass is 386 g/mol. The summed E-state index contributed by atoms with van der Waals surface area (Å²) in [5.74, 6) is -1.27. The van der Waals surface area contributed by atoms with Crippen molar-refractivity contribution in [2.24, 2.45) is 0 Å². The number of benzene rings is 2. The van der Waals surface area contributed by atoms with Gasteiger partial charge in [-0.15, -0.1) is 0 Å². The van der Waals surface area contributed by atoms with Gasteiger partial charge < -0.3 is 20.5 Å². The van der Waals surface area contributed by atoms with E-state index < -0.39 is 11.5 Å². The summed E-state index contributed by atoms with van der Waals surface area (Å²) >= 11 is 0. The van der Waals surface area contributed by atoms with E-state index in [1.54, 1.807) is 24.3 Å². The fourth-order valence-electron chi connectivity index (χ4n) is 3.33. The molecule has 0 aromatic heterocycles. The SMILES string of the molecule is O=C(NCc1ccc(C(=O)O)cc1)NC1(Cc2ccc(F)cc2)CCOCC1. The average Bonchev–Trinajstić information content (AvgIpc) is 2.69. The lowest BCUT2D eigenvalue weighted by Gasteiger charge is -2.38. The van der Waals surface area contributed by atoms with Gasteiger partial charge in [-0.05, 0) is 54.7 Å². The summed E-state index contributed by atoms with van der Waals surface area (Å²) in [6.07, 6.45) is 1.94. The largest absolute Gasteiger partial charge is 0.478 e. The van der Waals surface area contributed by atoms with Crippen molar-refractivity contribution in [1.82, 2.24) is 10.6 Å². The smallest absolute Gasteiger partial charge is 0.335 e. The minimum atomic E-state index is -0.987. The zero-order chi connectivity index (χ0) is 20.0. The summed E-state index contributed by atoms with van der Waals surface area (Å²) in [7, 11) is 0. The number of carbonyl (C=O) groups excluding carboxylic acids is 1. The molecule has 2 aromatic rings. The number of hydrogen-bond donors (Lipinski definition) is 3. The number of urea groups is 1. The van der Waals surface area contributed by atoms with Crippen LogP contribution in [0.5, 0.6) is 0 Å². The van der Waals surface area contributed by atoms with E-state index in [4.69, 9.17) is 9.84 Å². The average molecular weight is 386 g/mol. The standard InChI is InChI=1S/C21H23FN2O4/c22-18-7-3-15(4-8-18)13-21(9-11-28-12-10-21)24-20(27)23-14-16-1-5-17(6-2-16)19(25)26/h1-8H,9-14H2,(H,25,26)(H2,23,24,27). The van der Waals surface area contributed by atoms with Gasteiger partial charge in [0.2, 0.25) is 0 Å². The molecule has 0 atom stereocenters. The first-order valence-electron chi connectivity index (χ1n) is 9.16. The van der Waals surface area contributed by atoms with Crippen molar-refractivity contribution in [2.75, 3.05) is 13.2 Å². The van der Waals surface area contributed by atoms with Crippen molar-refractivity contribution >= 4 is 12.0 Å². The Balaban J connectivity index is 1.61. The fourth-order valence-corrected chi connectivity index (χ4v) is 3.33. The maximum absolute atomic E-state index is 13.2. The molecule has 2 aromatic carbocycles. The van der Waals surface area contributed by atoms with E-state index in [0.29, 0.717) is 32.5 Å². The predicted octanol–water partition coefficient (Wildman–Crippen LogP) is 3.12. The van der Waals surface area contributed by atoms with E-state index in [1.807, 2.05) is 0 Å². The highest BCUT2D eigenvalue weighted by atomic mass is 19.1. The topological polar surface area (TPSA) is 87.7 Å². The van der Waals surface area contributed by atoms with E-state index in [-0.39, 0.29) is 24.0 Å². The van der Waals surface area contributed by atoms with Crippen LogP contribution in [-0.2, 0) is 17.7 Å². The molecular weight excluding hydrogens is 363 g/mol. The lowest BCUT2D eigenvalue weighted by Crippen LogP contribution is -2.56. The molecule has 3 N–H and O–H groups in total. The quantitative estimate of drug-likeness (QED) is 0.712. The van der Waals surface area contributed by atoms with Gasteiger partial charge in [0.15, 0.2) is 0 Å². The molecule has 2 amide bonds. The first kappa shape index (κ1) is 19.8. The molecule has 1 aliphatic rings. The summed E-state index contributed by atoms with van der Waals surface area (Å²) in [5, 5.41) is 14.8. The van der Waals surface area contributed by atoms with E-state index in [2.05, 4.69) is 10.6 Å². The van der Waals surface area contributed by atoms with Crippen LogP contribution in [-0.4, -0.2) is 35.9 Å². The molecule has 0 aliphatic carbocycles. The lowest BCUT2D eigenvalue weighted by atomic mass is 9.83. The Morgan fingerprint density at radius 2 is 1.61 bits per heavy atom. The molecule has 148 valence electrons. The number of ether oxygens (including phenoxy) is 1. The number of carbonyl (C=O) groups is 2. The molecule has 6 nitrogen and oxygen atoms in total. The lowest BCUT2D eigenvalue weighted by molar-refractivity contribution is 0.0423. The second kappa shape index (κ2) is 8.84. The van der Waals surface area contributed by atoms with E-state index in [9.17, 15) is 14.0 Å². The van der Waals surface area contributed by atoms with Crippen LogP contribution in [0.4, 0.5) is 9.18 Å². The van der Waals surface area contributed by atoms with E-state index in [0.717, 1.165) is 11.1 Å². The van der Waals surface area contributed by atoms with E-state index in [1.165, 1.54) is 24.3 Å². The molecule has 1 heterocycles. The van der Waals surface area contributed by atoms with Gasteiger partial charge in [0, 0.05) is 19.8 Å². The summed E-state index contributed by atoms with van der Waals surface area (Å²) in [6, 6.07) is 12.4. The number of amides is 2. The Hall–Kier alpha value is -2.93. The molecule has 0 radical (unpaired) electrons. The number of aromatic carboxylic acids is 1. The Labute approximate surface area is 162 Å². The fraction of sp³-hybridized carbons (Fsp3) is 0.333. The normalized spacial score (nSPS) is 15.6. The second-order valence-corrected chi connectivity index (χ2v) is 7.01. The zero-order valence-electron chi connectivity index (χ0n) is 15.4. The van der Waals surface area contributed by atoms with Gasteiger partial charge in [0.1, 0.15) is 5.82 Å². The van der Waals surface area contributed by atoms with Crippen molar-refractivity contribution in [3.63, 3.8) is 0 Å². The first-order chi connectivity index (χ1) is 13.5. The number of hydrogen-bond acceptors (Lipinski definition) is 3. The summed E-state index contributed by atoms with van der Waals surface area (Å²) < 4.78 is 18.6. The van der Waals surface area contributed by atoms with Gasteiger partial charge in [-0.3, -0.25) is 0 Å². The minimum Gasteiger partial charge on any atom is -0.478 e. The number of halogens is 1. The maximum atomic E-state index is 13.2. The maximum Gasteiger partial charge on any atom is 0.335 e. The number of carboxylic acids is 1. The van der Waals surface area contributed by atoms with Crippen LogP contribution in [0.15, 0.2) is 48.5 Å². The van der Waals surface area contributed by atoms with Gasteiger partial charge in [0.25, 0.3) is 0 Å². The molecule has 1 aliphatic heterocycles. The van der Waals surface area contributed by atoms with Gasteiger partial charge in [-0.25, -0.2) is 14.0 Å². The first-order valence-corrected chi connectivity index (χ1v) is 9.16. The number of nitrogens with one attached hydrogen (secondary N) is 2. The molecule has 1 saturated heterocycles. The molecule has 0 saturated carbocycles. The van der Waals surface area contributed by atoms with Crippen LogP contribution >= 0.6 is 0 Å². The molecule has 28 heavy (non-hydrogen) atoms. The van der Waals surface area contributed by atoms with Gasteiger partial charge in [0.05, 0.1) is 11.1 Å². The van der Waals surface area contributed by atoms with Crippen LogP contribution in [0.2, 0.25) is 0 Å². The van der Waals surface area contributed by atoms with Crippen LogP contribution in [0.25, 0.3) is 0 Å². The van der Waals surface area contributed by atoms with Gasteiger partial charge >= 0.3 is 12.0 Å². The Bertz CT molecular complexity index is 815. The molecule has 0 spiro atoms. The molecule has 0 unspecified atom stereocenters. The van der Waals surface area contributed by atoms with Crippen molar-refractivity contribution < 1.29 is 23.8 Å². The van der Waals surface area contributed by atoms with Gasteiger partial charge in [-0.1, -0.05) is 24.3 Å². The van der Waals surface area contributed by atoms with Crippen molar-refractivity contribution in [3.05, 3.63) is 71.0 Å². The third-order valence-corrected chi connectivity index (χ3v) is 4.94. The highest BCUT2D eigenvalue weighted by molar-refractivity contribution is 5.87. The molecule has 0 bridgehead atoms. The number of carboxylic acid groups (broad SMARTS) is 1. The molecule has 1 fully saturated rings. The number of rotatable bonds is 6. The predicted molar refractivity (Wildman–Crippen MR) is 102 cm³/mol. The van der Waals surface area contributed by atoms with E-state index >= 15 is 0 Å². The Kier molecular flexibility index (Phi) is 6.26. The Morgan fingerprint density at radius 1 is 1.00 bits per heavy atom. The highest BCUT2D eigenvalue weighted by Gasteiger charge is 2.34. The summed E-state index contributed by atoms with van der Waals surface area (Å²) in [4.78, 5) is 23.4. The molecule has 7 heteroatoms. The second-order valence-electron chi connectivity index (χ2n) is 7.01. The molecular formula is C21H23FN2O4. The van der Waals surface area contributed by atoms with Crippen LogP contribution in [0, 0.1) is 5.82 Å². The van der Waals surface area contributed by atoms with Gasteiger partial charge in [-0.2, -0.15) is 0 Å². The summed E-state index contributed by atoms with van der Waals surface area (Å²) in [5.41, 5.74) is 1.51. The van der Waals surface area contributed by atoms with Crippen LogP contribution in [0.1, 0.15) is 34.3 Å². The van der Waals surface area contributed by atoms with Crippen LogP contribution < -0.4 is 10.6 Å². The highest BCUT2D eigenvalue weighted by Crippen LogP contribution is 2.25. The summed E-state index contributed by atoms with van der Waals surface area (Å²) in [6.45, 7) is 1.39. The Morgan fingerprint density at radius 3 is 2.21 bits per heavy atom. The molecule has 3 rings (SSSR count). The van der Waals surface area contributed by atoms with Crippen molar-refractivity contribution in [2.45, 2.75) is 31.3 Å². The van der Waals surface area contributed by atoms with Crippen LogP contribution in [0.3, 0.4) is 0 Å². The zero-order valence-corrected chi connectivity index (χ0v) is 15.4. The minimum absolute atomic E-state index is 0.202. The third kappa shape index (κ3) is 5.29. The van der Waals surface area contributed by atoms with Crippen molar-refractivity contribution in [3.8, 4) is 0 Å².